The van der Waals surface area contributed by atoms with Crippen LogP contribution in [0.3, 0.4) is 0 Å². The molecular formula is C2H7Cl2N5. The van der Waals surface area contributed by atoms with Crippen LogP contribution in [0.25, 0.3) is 0 Å². The average Bonchev–Trinajstić information content (AvgIpc) is 1.87. The molecule has 0 amide bonds. The van der Waals surface area contributed by atoms with Crippen LogP contribution in [0.15, 0.2) is 0 Å². The number of hydrogen-bond acceptors (Lipinski definition) is 4. The number of nitrogens with one attached hydrogen (secondary N) is 1. The number of nitrogen functional groups attached to an aromatic ring is 2. The maximum Gasteiger partial charge on any atom is 0.241 e. The quantitative estimate of drug-likeness (QED) is 0.505. The molecule has 0 aliphatic rings. The van der Waals surface area contributed by atoms with Crippen molar-refractivity contribution < 1.29 is 0 Å². The second-order valence-corrected chi connectivity index (χ2v) is 1.08. The van der Waals surface area contributed by atoms with Gasteiger partial charge in [-0.3, -0.25) is 0 Å². The van der Waals surface area contributed by atoms with Crippen molar-refractivity contribution in [2.24, 2.45) is 0 Å². The highest BCUT2D eigenvalue weighted by Crippen LogP contribution is 1.89. The van der Waals surface area contributed by atoms with Gasteiger partial charge in [0.25, 0.3) is 0 Å². The summed E-state index contributed by atoms with van der Waals surface area (Å²) in [5.41, 5.74) is 10.1. The first-order valence-corrected chi connectivity index (χ1v) is 1.72. The van der Waals surface area contributed by atoms with Crippen LogP contribution in [-0.2, 0) is 0 Å². The van der Waals surface area contributed by atoms with Crippen molar-refractivity contribution in [3.63, 3.8) is 0 Å². The Kier molecular flexibility index (Phi) is 5.24. The van der Waals surface area contributed by atoms with E-state index in [4.69, 9.17) is 11.5 Å². The number of H-pyrrole nitrogens is 1. The molecule has 5 N–H and O–H groups in total. The van der Waals surface area contributed by atoms with Crippen LogP contribution >= 0.6 is 24.8 Å². The minimum atomic E-state index is 0. The second-order valence-electron chi connectivity index (χ2n) is 1.08. The zero-order valence-corrected chi connectivity index (χ0v) is 6.00. The van der Waals surface area contributed by atoms with E-state index in [1.54, 1.807) is 0 Å². The Morgan fingerprint density at radius 3 is 1.89 bits per heavy atom. The predicted molar refractivity (Wildman–Crippen MR) is 39.7 cm³/mol. The summed E-state index contributed by atoms with van der Waals surface area (Å²) < 4.78 is 0. The Morgan fingerprint density at radius 2 is 1.78 bits per heavy atom. The second kappa shape index (κ2) is 4.22. The van der Waals surface area contributed by atoms with Gasteiger partial charge in [0.1, 0.15) is 0 Å². The van der Waals surface area contributed by atoms with Crippen molar-refractivity contribution in [2.45, 2.75) is 0 Å². The molecule has 9 heavy (non-hydrogen) atoms. The molecule has 0 atom stereocenters. The summed E-state index contributed by atoms with van der Waals surface area (Å²) in [6.07, 6.45) is 0. The van der Waals surface area contributed by atoms with E-state index in [0.29, 0.717) is 0 Å². The normalized spacial score (nSPS) is 7.11. The van der Waals surface area contributed by atoms with E-state index in [1.807, 2.05) is 0 Å². The molecule has 0 saturated carbocycles. The highest BCUT2D eigenvalue weighted by Gasteiger charge is 1.87. The molecule has 0 spiro atoms. The Morgan fingerprint density at radius 1 is 1.22 bits per heavy atom. The summed E-state index contributed by atoms with van der Waals surface area (Å²) in [6.45, 7) is 0. The highest BCUT2D eigenvalue weighted by atomic mass is 35.5. The van der Waals surface area contributed by atoms with E-state index in [2.05, 4.69) is 15.2 Å². The number of hydrogen-bond donors (Lipinski definition) is 3. The Balaban J connectivity index is 0. The lowest BCUT2D eigenvalue weighted by Crippen LogP contribution is -1.87. The zero-order valence-electron chi connectivity index (χ0n) is 4.37. The molecule has 1 aromatic rings. The third-order valence-electron chi connectivity index (χ3n) is 0.520. The molecule has 5 nitrogen and oxygen atoms in total. The summed E-state index contributed by atoms with van der Waals surface area (Å²) in [7, 11) is 0. The zero-order chi connectivity index (χ0) is 5.28. The van der Waals surface area contributed by atoms with Crippen LogP contribution < -0.4 is 11.5 Å². The van der Waals surface area contributed by atoms with Crippen LogP contribution in [-0.4, -0.2) is 15.2 Å². The fourth-order valence-corrected chi connectivity index (χ4v) is 0.288. The number of nitrogens with two attached hydrogens (primary N) is 2. The molecule has 0 aliphatic heterocycles. The van der Waals surface area contributed by atoms with Gasteiger partial charge in [-0.05, 0) is 0 Å². The minimum absolute atomic E-state index is 0. The van der Waals surface area contributed by atoms with Crippen LogP contribution in [0, 0.1) is 0 Å². The van der Waals surface area contributed by atoms with Crippen molar-refractivity contribution in [3.05, 3.63) is 0 Å². The number of anilines is 2. The molecule has 0 saturated heterocycles. The van der Waals surface area contributed by atoms with Crippen molar-refractivity contribution in [1.82, 2.24) is 15.2 Å². The smallest absolute Gasteiger partial charge is 0.241 e. The molecule has 0 unspecified atom stereocenters. The molecule has 0 aromatic carbocycles. The summed E-state index contributed by atoms with van der Waals surface area (Å²) in [4.78, 5) is 3.50. The first-order chi connectivity index (χ1) is 3.29. The van der Waals surface area contributed by atoms with Crippen molar-refractivity contribution >= 4 is 36.7 Å². The fourth-order valence-electron chi connectivity index (χ4n) is 0.288. The van der Waals surface area contributed by atoms with Crippen molar-refractivity contribution in [3.8, 4) is 0 Å². The molecule has 54 valence electrons. The third-order valence-corrected chi connectivity index (χ3v) is 0.520. The molecule has 1 rings (SSSR count). The lowest BCUT2D eigenvalue weighted by Gasteiger charge is -1.69. The molecule has 7 heteroatoms. The largest absolute Gasteiger partial charge is 0.368 e. The molecule has 0 fully saturated rings. The number of aromatic amines is 1. The molecule has 1 heterocycles. The van der Waals surface area contributed by atoms with E-state index < -0.39 is 0 Å². The van der Waals surface area contributed by atoms with E-state index >= 15 is 0 Å². The number of nitrogens with zero attached hydrogens (tertiary/aromatic N) is 2. The van der Waals surface area contributed by atoms with E-state index in [-0.39, 0.29) is 36.7 Å². The molecule has 0 radical (unpaired) electrons. The summed E-state index contributed by atoms with van der Waals surface area (Å²) in [5.74, 6) is 0.426. The Bertz CT molecular complexity index is 145. The maximum absolute atomic E-state index is 5.07. The molecule has 1 aromatic heterocycles. The molecule has 0 aliphatic carbocycles. The van der Waals surface area contributed by atoms with Gasteiger partial charge >= 0.3 is 0 Å². The van der Waals surface area contributed by atoms with E-state index in [0.717, 1.165) is 0 Å². The first kappa shape index (κ1) is 11.2. The lowest BCUT2D eigenvalue weighted by atomic mass is 11.0. The maximum atomic E-state index is 5.07. The number of aromatic nitrogens is 3. The van der Waals surface area contributed by atoms with Gasteiger partial charge in [0.05, 0.1) is 0 Å². The van der Waals surface area contributed by atoms with Crippen LogP contribution in [0.2, 0.25) is 0 Å². The van der Waals surface area contributed by atoms with E-state index in [1.165, 1.54) is 0 Å². The van der Waals surface area contributed by atoms with Gasteiger partial charge in [0.15, 0.2) is 0 Å². The Labute approximate surface area is 64.0 Å². The van der Waals surface area contributed by atoms with Crippen LogP contribution in [0.5, 0.6) is 0 Å². The SMILES string of the molecule is Cl.Cl.Nc1n[nH]c(N)n1. The Hall–Kier alpha value is -0.680. The average molecular weight is 172 g/mol. The lowest BCUT2D eigenvalue weighted by molar-refractivity contribution is 1.11. The highest BCUT2D eigenvalue weighted by molar-refractivity contribution is 5.85. The van der Waals surface area contributed by atoms with Crippen LogP contribution in [0.4, 0.5) is 11.9 Å². The minimum Gasteiger partial charge on any atom is -0.368 e. The summed E-state index contributed by atoms with van der Waals surface area (Å²) in [5, 5.41) is 5.79. The van der Waals surface area contributed by atoms with Crippen molar-refractivity contribution in [1.29, 1.82) is 0 Å². The fraction of sp³-hybridized carbons (Fsp3) is 0. The number of rotatable bonds is 0. The van der Waals surface area contributed by atoms with Gasteiger partial charge in [-0.1, -0.05) is 0 Å². The van der Waals surface area contributed by atoms with Gasteiger partial charge in [-0.25, -0.2) is 5.10 Å². The third kappa shape index (κ3) is 2.99. The summed E-state index contributed by atoms with van der Waals surface area (Å²) >= 11 is 0. The molecular weight excluding hydrogens is 165 g/mol. The summed E-state index contributed by atoms with van der Waals surface area (Å²) in [6, 6.07) is 0. The van der Waals surface area contributed by atoms with Gasteiger partial charge in [0.2, 0.25) is 11.9 Å². The predicted octanol–water partition coefficient (Wildman–Crippen LogP) is -0.187. The monoisotopic (exact) mass is 171 g/mol. The van der Waals surface area contributed by atoms with Crippen LogP contribution in [0.1, 0.15) is 0 Å². The standard InChI is InChI=1S/C2H5N5.2ClH/c3-1-5-2(4)7-6-1;;/h(H5,3,4,5,6,7);2*1H. The first-order valence-electron chi connectivity index (χ1n) is 1.72. The van der Waals surface area contributed by atoms with Gasteiger partial charge in [-0.2, -0.15) is 4.98 Å². The van der Waals surface area contributed by atoms with Crippen molar-refractivity contribution in [2.75, 3.05) is 11.5 Å². The van der Waals surface area contributed by atoms with E-state index in [9.17, 15) is 0 Å². The van der Waals surface area contributed by atoms with Gasteiger partial charge in [0, 0.05) is 0 Å². The van der Waals surface area contributed by atoms with Gasteiger partial charge < -0.3 is 11.5 Å². The topological polar surface area (TPSA) is 93.6 Å². The van der Waals surface area contributed by atoms with Gasteiger partial charge in [-0.15, -0.1) is 29.9 Å². The number of halogens is 2. The molecule has 0 bridgehead atoms.